The summed E-state index contributed by atoms with van der Waals surface area (Å²) in [5.74, 6) is -0.310. The number of hydrogen-bond donors (Lipinski definition) is 0. The fourth-order valence-corrected chi connectivity index (χ4v) is 1.82. The molecule has 0 amide bonds. The summed E-state index contributed by atoms with van der Waals surface area (Å²) < 4.78 is 24.1. The fraction of sp³-hybridized carbons (Fsp3) is 0.462. The van der Waals surface area contributed by atoms with Gasteiger partial charge in [0.1, 0.15) is 12.9 Å². The van der Waals surface area contributed by atoms with Crippen LogP contribution in [-0.4, -0.2) is 50.6 Å². The molecule has 0 aromatic heterocycles. The molecule has 1 fully saturated rings. The first kappa shape index (κ1) is 13.0. The van der Waals surface area contributed by atoms with Crippen LogP contribution in [0.2, 0.25) is 0 Å². The maximum Gasteiger partial charge on any atom is 0.165 e. The van der Waals surface area contributed by atoms with Gasteiger partial charge in [0.2, 0.25) is 0 Å². The molecule has 0 spiro atoms. The molecule has 1 aliphatic heterocycles. The number of halogens is 1. The Morgan fingerprint density at radius 2 is 2.17 bits per heavy atom. The van der Waals surface area contributed by atoms with Crippen LogP contribution in [0, 0.1) is 5.82 Å². The van der Waals surface area contributed by atoms with E-state index in [9.17, 15) is 9.18 Å². The summed E-state index contributed by atoms with van der Waals surface area (Å²) in [6, 6.07) is 4.20. The van der Waals surface area contributed by atoms with E-state index in [0.717, 1.165) is 32.8 Å². The van der Waals surface area contributed by atoms with Crippen molar-refractivity contribution >= 4 is 6.29 Å². The largest absolute Gasteiger partial charge is 0.489 e. The molecule has 5 heteroatoms. The van der Waals surface area contributed by atoms with E-state index < -0.39 is 5.82 Å². The number of carbonyl (C=O) groups is 1. The average Bonchev–Trinajstić information content (AvgIpc) is 2.42. The number of nitrogens with zero attached hydrogens (tertiary/aromatic N) is 1. The average molecular weight is 253 g/mol. The van der Waals surface area contributed by atoms with Crippen molar-refractivity contribution < 1.29 is 18.7 Å². The first-order valence-electron chi connectivity index (χ1n) is 5.97. The summed E-state index contributed by atoms with van der Waals surface area (Å²) >= 11 is 0. The second kappa shape index (κ2) is 6.47. The summed E-state index contributed by atoms with van der Waals surface area (Å²) in [6.07, 6.45) is 0.612. The number of hydrogen-bond acceptors (Lipinski definition) is 4. The molecule has 1 aromatic carbocycles. The molecule has 1 saturated heterocycles. The van der Waals surface area contributed by atoms with Crippen molar-refractivity contribution in [3.8, 4) is 5.75 Å². The van der Waals surface area contributed by atoms with E-state index in [4.69, 9.17) is 9.47 Å². The highest BCUT2D eigenvalue weighted by atomic mass is 19.1. The third kappa shape index (κ3) is 3.51. The topological polar surface area (TPSA) is 38.8 Å². The van der Waals surface area contributed by atoms with Gasteiger partial charge in [-0.2, -0.15) is 0 Å². The summed E-state index contributed by atoms with van der Waals surface area (Å²) in [5, 5.41) is 0. The van der Waals surface area contributed by atoms with Gasteiger partial charge in [-0.3, -0.25) is 9.69 Å². The lowest BCUT2D eigenvalue weighted by atomic mass is 10.2. The van der Waals surface area contributed by atoms with Crippen LogP contribution in [0.4, 0.5) is 4.39 Å². The van der Waals surface area contributed by atoms with Gasteiger partial charge >= 0.3 is 0 Å². The maximum atomic E-state index is 13.5. The van der Waals surface area contributed by atoms with Crippen molar-refractivity contribution in [2.75, 3.05) is 39.5 Å². The van der Waals surface area contributed by atoms with Crippen LogP contribution < -0.4 is 4.74 Å². The van der Waals surface area contributed by atoms with Gasteiger partial charge in [0, 0.05) is 25.2 Å². The number of carbonyl (C=O) groups excluding carboxylic acids is 1. The van der Waals surface area contributed by atoms with Gasteiger partial charge in [0.25, 0.3) is 0 Å². The first-order valence-corrected chi connectivity index (χ1v) is 5.97. The molecule has 1 aromatic rings. The zero-order valence-corrected chi connectivity index (χ0v) is 10.1. The van der Waals surface area contributed by atoms with Crippen LogP contribution in [0.1, 0.15) is 10.4 Å². The molecule has 0 N–H and O–H groups in total. The normalized spacial score (nSPS) is 16.5. The monoisotopic (exact) mass is 253 g/mol. The van der Waals surface area contributed by atoms with E-state index in [1.165, 1.54) is 12.1 Å². The predicted molar refractivity (Wildman–Crippen MR) is 64.5 cm³/mol. The Kier molecular flexibility index (Phi) is 4.66. The zero-order valence-electron chi connectivity index (χ0n) is 10.1. The molecule has 98 valence electrons. The number of benzene rings is 1. The van der Waals surface area contributed by atoms with Gasteiger partial charge in [-0.05, 0) is 18.2 Å². The van der Waals surface area contributed by atoms with E-state index in [1.54, 1.807) is 6.07 Å². The van der Waals surface area contributed by atoms with Gasteiger partial charge in [0.15, 0.2) is 11.6 Å². The SMILES string of the molecule is O=Cc1ccc(OCCN2CCOCC2)c(F)c1. The van der Waals surface area contributed by atoms with Crippen LogP contribution >= 0.6 is 0 Å². The van der Waals surface area contributed by atoms with Crippen LogP contribution in [0.5, 0.6) is 5.75 Å². The molecular formula is C13H16FNO3. The molecule has 18 heavy (non-hydrogen) atoms. The fourth-order valence-electron chi connectivity index (χ4n) is 1.82. The van der Waals surface area contributed by atoms with Crippen LogP contribution in [-0.2, 0) is 4.74 Å². The van der Waals surface area contributed by atoms with Gasteiger partial charge in [-0.25, -0.2) is 4.39 Å². The van der Waals surface area contributed by atoms with E-state index in [-0.39, 0.29) is 5.75 Å². The molecule has 0 aliphatic carbocycles. The second-order valence-corrected chi connectivity index (χ2v) is 4.11. The number of aldehydes is 1. The second-order valence-electron chi connectivity index (χ2n) is 4.11. The number of ether oxygens (including phenoxy) is 2. The van der Waals surface area contributed by atoms with E-state index in [2.05, 4.69) is 4.90 Å². The van der Waals surface area contributed by atoms with Gasteiger partial charge < -0.3 is 9.47 Å². The highest BCUT2D eigenvalue weighted by Gasteiger charge is 2.10. The summed E-state index contributed by atoms with van der Waals surface area (Å²) in [6.45, 7) is 4.42. The van der Waals surface area contributed by atoms with Crippen molar-refractivity contribution in [2.45, 2.75) is 0 Å². The molecule has 0 unspecified atom stereocenters. The van der Waals surface area contributed by atoms with Gasteiger partial charge in [-0.15, -0.1) is 0 Å². The molecule has 4 nitrogen and oxygen atoms in total. The van der Waals surface area contributed by atoms with Crippen LogP contribution in [0.3, 0.4) is 0 Å². The Morgan fingerprint density at radius 1 is 1.39 bits per heavy atom. The lowest BCUT2D eigenvalue weighted by Crippen LogP contribution is -2.38. The van der Waals surface area contributed by atoms with E-state index in [0.29, 0.717) is 18.5 Å². The molecule has 1 heterocycles. The minimum absolute atomic E-state index is 0.189. The minimum atomic E-state index is -0.499. The standard InChI is InChI=1S/C13H16FNO3/c14-12-9-11(10-16)1-2-13(12)18-8-5-15-3-6-17-7-4-15/h1-2,9-10H,3-8H2. The van der Waals surface area contributed by atoms with Crippen molar-refractivity contribution in [3.63, 3.8) is 0 Å². The van der Waals surface area contributed by atoms with Crippen molar-refractivity contribution in [1.29, 1.82) is 0 Å². The Labute approximate surface area is 105 Å². The Morgan fingerprint density at radius 3 is 2.83 bits per heavy atom. The molecular weight excluding hydrogens is 237 g/mol. The molecule has 1 aliphatic rings. The van der Waals surface area contributed by atoms with Crippen LogP contribution in [0.15, 0.2) is 18.2 Å². The predicted octanol–water partition coefficient (Wildman–Crippen LogP) is 1.35. The summed E-state index contributed by atoms with van der Waals surface area (Å²) in [4.78, 5) is 12.7. The van der Waals surface area contributed by atoms with E-state index >= 15 is 0 Å². The number of morpholine rings is 1. The van der Waals surface area contributed by atoms with Gasteiger partial charge in [0.05, 0.1) is 13.2 Å². The minimum Gasteiger partial charge on any atom is -0.489 e. The summed E-state index contributed by atoms with van der Waals surface area (Å²) in [5.41, 5.74) is 0.313. The maximum absolute atomic E-state index is 13.5. The molecule has 0 saturated carbocycles. The molecule has 0 radical (unpaired) electrons. The van der Waals surface area contributed by atoms with Crippen molar-refractivity contribution in [3.05, 3.63) is 29.6 Å². The van der Waals surface area contributed by atoms with E-state index in [1.807, 2.05) is 0 Å². The molecule has 0 atom stereocenters. The Bertz CT molecular complexity index is 405. The smallest absolute Gasteiger partial charge is 0.165 e. The third-order valence-electron chi connectivity index (χ3n) is 2.86. The molecule has 0 bridgehead atoms. The molecule has 2 rings (SSSR count). The highest BCUT2D eigenvalue weighted by molar-refractivity contribution is 5.74. The highest BCUT2D eigenvalue weighted by Crippen LogP contribution is 2.17. The van der Waals surface area contributed by atoms with Gasteiger partial charge in [-0.1, -0.05) is 0 Å². The quantitative estimate of drug-likeness (QED) is 0.742. The van der Waals surface area contributed by atoms with Crippen LogP contribution in [0.25, 0.3) is 0 Å². The Hall–Kier alpha value is -1.46. The summed E-state index contributed by atoms with van der Waals surface area (Å²) in [7, 11) is 0. The Balaban J connectivity index is 1.80. The van der Waals surface area contributed by atoms with Crippen molar-refractivity contribution in [1.82, 2.24) is 4.90 Å². The lowest BCUT2D eigenvalue weighted by molar-refractivity contribution is 0.0320. The van der Waals surface area contributed by atoms with Crippen molar-refractivity contribution in [2.24, 2.45) is 0 Å². The first-order chi connectivity index (χ1) is 8.79. The number of rotatable bonds is 5. The third-order valence-corrected chi connectivity index (χ3v) is 2.86. The lowest BCUT2D eigenvalue weighted by Gasteiger charge is -2.26. The zero-order chi connectivity index (χ0) is 12.8.